The van der Waals surface area contributed by atoms with E-state index in [-0.39, 0.29) is 45.2 Å². The molecule has 29 heavy (non-hydrogen) atoms. The van der Waals surface area contributed by atoms with Gasteiger partial charge in [-0.15, -0.1) is 0 Å². The first-order valence-corrected chi connectivity index (χ1v) is 10.7. The molecule has 3 N–H and O–H groups in total. The molecule has 0 spiro atoms. The number of rotatable bonds is 4. The summed E-state index contributed by atoms with van der Waals surface area (Å²) in [6.45, 7) is 0.938. The maximum absolute atomic E-state index is 14.5. The third-order valence-electron chi connectivity index (χ3n) is 5.59. The van der Waals surface area contributed by atoms with E-state index in [1.165, 1.54) is 16.7 Å². The van der Waals surface area contributed by atoms with Gasteiger partial charge in [-0.25, -0.2) is 19.2 Å². The van der Waals surface area contributed by atoms with E-state index in [9.17, 15) is 19.1 Å². The molecule has 2 aromatic rings. The van der Waals surface area contributed by atoms with Crippen molar-refractivity contribution in [1.29, 1.82) is 0 Å². The van der Waals surface area contributed by atoms with Crippen LogP contribution in [0.4, 0.5) is 15.0 Å². The van der Waals surface area contributed by atoms with Crippen LogP contribution < -0.4 is 15.8 Å². The van der Waals surface area contributed by atoms with E-state index >= 15 is 0 Å². The van der Waals surface area contributed by atoms with Crippen molar-refractivity contribution in [1.82, 2.24) is 25.2 Å². The molecule has 4 heterocycles. The van der Waals surface area contributed by atoms with E-state index in [0.29, 0.717) is 13.1 Å². The number of anilines is 1. The molecule has 0 radical (unpaired) electrons. The molecule has 2 bridgehead atoms. The van der Waals surface area contributed by atoms with Crippen LogP contribution in [0, 0.1) is 5.82 Å². The zero-order valence-electron chi connectivity index (χ0n) is 15.8. The lowest BCUT2D eigenvalue weighted by Gasteiger charge is -2.40. The van der Waals surface area contributed by atoms with Crippen molar-refractivity contribution in [2.24, 2.45) is 0 Å². The second-order valence-corrected chi connectivity index (χ2v) is 8.38. The Labute approximate surface area is 174 Å². The fourth-order valence-corrected chi connectivity index (χ4v) is 4.83. The monoisotopic (exact) mass is 442 g/mol. The first-order chi connectivity index (χ1) is 13.8. The third-order valence-corrected chi connectivity index (χ3v) is 6.42. The number of hydrogen-bond acceptors (Lipinski definition) is 7. The molecule has 12 heteroatoms. The van der Waals surface area contributed by atoms with Crippen LogP contribution in [-0.4, -0.2) is 75.6 Å². The molecule has 9 nitrogen and oxygen atoms in total. The van der Waals surface area contributed by atoms with E-state index < -0.39 is 17.5 Å². The summed E-state index contributed by atoms with van der Waals surface area (Å²) in [5.74, 6) is -0.636. The minimum absolute atomic E-state index is 0.0161. The van der Waals surface area contributed by atoms with E-state index in [1.807, 2.05) is 0 Å². The van der Waals surface area contributed by atoms with Gasteiger partial charge in [-0.2, -0.15) is 0 Å². The number of thioether (sulfide) groups is 1. The van der Waals surface area contributed by atoms with Crippen molar-refractivity contribution in [3.05, 3.63) is 21.3 Å². The maximum Gasteiger partial charge on any atom is 0.407 e. The summed E-state index contributed by atoms with van der Waals surface area (Å²) in [6, 6.07) is -0.348. The molecule has 156 valence electrons. The lowest BCUT2D eigenvalue weighted by atomic mass is 10.0. The van der Waals surface area contributed by atoms with Crippen LogP contribution >= 0.6 is 23.4 Å². The van der Waals surface area contributed by atoms with Crippen LogP contribution in [0.15, 0.2) is 9.95 Å². The highest BCUT2D eigenvalue weighted by Crippen LogP contribution is 2.32. The Morgan fingerprint density at radius 2 is 2.21 bits per heavy atom. The average molecular weight is 443 g/mol. The van der Waals surface area contributed by atoms with Gasteiger partial charge in [-0.05, 0) is 19.1 Å². The molecule has 0 unspecified atom stereocenters. The van der Waals surface area contributed by atoms with Crippen molar-refractivity contribution in [2.75, 3.05) is 31.3 Å². The number of carbonyl (C=O) groups is 1. The SMILES string of the molecule is CSc1nc2c(F)c(Cl)nc(N(C)C[C@H]3NC[C@H]4CC[C@@H]3N4C(=O)O)c2c(=O)[nH]1. The molecule has 2 aliphatic heterocycles. The zero-order valence-corrected chi connectivity index (χ0v) is 17.3. The number of nitrogens with zero attached hydrogens (tertiary/aromatic N) is 4. The zero-order chi connectivity index (χ0) is 20.9. The Morgan fingerprint density at radius 1 is 1.45 bits per heavy atom. The number of pyridine rings is 1. The Hall–Kier alpha value is -2.11. The number of nitrogens with one attached hydrogen (secondary N) is 2. The Bertz CT molecular complexity index is 1040. The number of fused-ring (bicyclic) bond motifs is 3. The summed E-state index contributed by atoms with van der Waals surface area (Å²) >= 11 is 7.17. The maximum atomic E-state index is 14.5. The second kappa shape index (κ2) is 7.62. The normalized spacial score (nSPS) is 23.6. The van der Waals surface area contributed by atoms with E-state index in [1.54, 1.807) is 18.2 Å². The van der Waals surface area contributed by atoms with Gasteiger partial charge < -0.3 is 20.3 Å². The molecule has 3 atom stereocenters. The van der Waals surface area contributed by atoms with Crippen molar-refractivity contribution in [3.63, 3.8) is 0 Å². The lowest BCUT2D eigenvalue weighted by Crippen LogP contribution is -2.62. The van der Waals surface area contributed by atoms with Gasteiger partial charge in [0.1, 0.15) is 16.7 Å². The summed E-state index contributed by atoms with van der Waals surface area (Å²) in [4.78, 5) is 38.3. The predicted octanol–water partition coefficient (Wildman–Crippen LogP) is 1.75. The van der Waals surface area contributed by atoms with E-state index in [4.69, 9.17) is 11.6 Å². The van der Waals surface area contributed by atoms with Gasteiger partial charge in [0.25, 0.3) is 5.56 Å². The summed E-state index contributed by atoms with van der Waals surface area (Å²) in [7, 11) is 1.71. The quantitative estimate of drug-likeness (QED) is 0.373. The highest BCUT2D eigenvalue weighted by Gasteiger charge is 2.45. The van der Waals surface area contributed by atoms with Gasteiger partial charge in [0.05, 0.1) is 6.04 Å². The standard InChI is InChI=1S/C17H20ClFN6O3S/c1-24(6-8-9-4-3-7(5-20-8)25(9)17(27)28)14-10-12(11(19)13(18)22-14)21-16(29-2)23-15(10)26/h7-9,20H,3-6H2,1-2H3,(H,27,28)(H,21,23,26)/t7-,8-,9+/m1/s1. The molecule has 0 saturated carbocycles. The average Bonchev–Trinajstić information content (AvgIpc) is 3.02. The van der Waals surface area contributed by atoms with Crippen LogP contribution in [-0.2, 0) is 0 Å². The Kier molecular flexibility index (Phi) is 5.30. The van der Waals surface area contributed by atoms with Gasteiger partial charge in [0, 0.05) is 32.2 Å². The van der Waals surface area contributed by atoms with Crippen molar-refractivity contribution < 1.29 is 14.3 Å². The van der Waals surface area contributed by atoms with Gasteiger partial charge in [-0.1, -0.05) is 23.4 Å². The van der Waals surface area contributed by atoms with Crippen LogP contribution in [0.5, 0.6) is 0 Å². The van der Waals surface area contributed by atoms with Gasteiger partial charge >= 0.3 is 6.09 Å². The number of carboxylic acid groups (broad SMARTS) is 1. The summed E-state index contributed by atoms with van der Waals surface area (Å²) in [6.07, 6.45) is 2.37. The molecular weight excluding hydrogens is 423 g/mol. The highest BCUT2D eigenvalue weighted by molar-refractivity contribution is 7.98. The van der Waals surface area contributed by atoms with Crippen molar-refractivity contribution in [3.8, 4) is 0 Å². The van der Waals surface area contributed by atoms with Gasteiger partial charge in [0.15, 0.2) is 16.1 Å². The fraction of sp³-hybridized carbons (Fsp3) is 0.529. The summed E-state index contributed by atoms with van der Waals surface area (Å²) in [5, 5.41) is 12.9. The number of hydrogen-bond donors (Lipinski definition) is 3. The number of piperazine rings is 1. The Morgan fingerprint density at radius 3 is 2.90 bits per heavy atom. The number of H-pyrrole nitrogens is 1. The first kappa shape index (κ1) is 20.2. The largest absolute Gasteiger partial charge is 0.465 e. The smallest absolute Gasteiger partial charge is 0.407 e. The van der Waals surface area contributed by atoms with Crippen LogP contribution in [0.2, 0.25) is 5.15 Å². The van der Waals surface area contributed by atoms with E-state index in [2.05, 4.69) is 20.3 Å². The molecule has 1 amide bonds. The third kappa shape index (κ3) is 3.40. The topological polar surface area (TPSA) is 114 Å². The summed E-state index contributed by atoms with van der Waals surface area (Å²) in [5.41, 5.74) is -0.640. The van der Waals surface area contributed by atoms with E-state index in [0.717, 1.165) is 12.8 Å². The number of likely N-dealkylation sites (N-methyl/N-ethyl adjacent to an activating group) is 1. The first-order valence-electron chi connectivity index (χ1n) is 9.10. The summed E-state index contributed by atoms with van der Waals surface area (Å²) < 4.78 is 14.5. The van der Waals surface area contributed by atoms with Crippen LogP contribution in [0.1, 0.15) is 12.8 Å². The minimum atomic E-state index is -0.926. The lowest BCUT2D eigenvalue weighted by molar-refractivity contribution is 0.0925. The number of aromatic nitrogens is 3. The predicted molar refractivity (Wildman–Crippen MR) is 109 cm³/mol. The van der Waals surface area contributed by atoms with Gasteiger partial charge in [0.2, 0.25) is 0 Å². The minimum Gasteiger partial charge on any atom is -0.465 e. The van der Waals surface area contributed by atoms with Crippen molar-refractivity contribution >= 4 is 46.2 Å². The molecule has 0 aromatic carbocycles. The molecular formula is C17H20ClFN6O3S. The van der Waals surface area contributed by atoms with Crippen LogP contribution in [0.25, 0.3) is 10.9 Å². The molecule has 4 rings (SSSR count). The van der Waals surface area contributed by atoms with Crippen LogP contribution in [0.3, 0.4) is 0 Å². The highest BCUT2D eigenvalue weighted by atomic mass is 35.5. The fourth-order valence-electron chi connectivity index (χ4n) is 4.28. The number of amides is 1. The second-order valence-electron chi connectivity index (χ2n) is 7.22. The molecule has 2 aromatic heterocycles. The number of halogens is 2. The van der Waals surface area contributed by atoms with Gasteiger partial charge in [-0.3, -0.25) is 9.69 Å². The van der Waals surface area contributed by atoms with Crippen molar-refractivity contribution in [2.45, 2.75) is 36.1 Å². The molecule has 2 saturated heterocycles. The molecule has 2 fully saturated rings. The molecule has 2 aliphatic rings. The number of aromatic amines is 1. The molecule has 0 aliphatic carbocycles. The Balaban J connectivity index is 1.71.